The zero-order chi connectivity index (χ0) is 24.3. The Morgan fingerprint density at radius 1 is 1.00 bits per heavy atom. The Bertz CT molecular complexity index is 1290. The topological polar surface area (TPSA) is 93.4 Å². The molecule has 0 fully saturated rings. The van der Waals surface area contributed by atoms with Crippen LogP contribution in [0.3, 0.4) is 0 Å². The summed E-state index contributed by atoms with van der Waals surface area (Å²) in [6.45, 7) is 8.18. The molecule has 0 saturated carbocycles. The van der Waals surface area contributed by atoms with Gasteiger partial charge in [0.05, 0.1) is 16.3 Å². The van der Waals surface area contributed by atoms with Crippen LogP contribution in [0.15, 0.2) is 64.3 Å². The lowest BCUT2D eigenvalue weighted by molar-refractivity contribution is 0.102. The van der Waals surface area contributed by atoms with E-state index in [0.717, 1.165) is 0 Å². The number of sulfonamides is 1. The molecule has 0 unspecified atom stereocenters. The van der Waals surface area contributed by atoms with Gasteiger partial charge in [0.15, 0.2) is 0 Å². The fourth-order valence-electron chi connectivity index (χ4n) is 3.94. The van der Waals surface area contributed by atoms with E-state index in [1.54, 1.807) is 25.6 Å². The Balaban J connectivity index is 1.96. The predicted molar refractivity (Wildman–Crippen MR) is 130 cm³/mol. The van der Waals surface area contributed by atoms with Gasteiger partial charge in [0.1, 0.15) is 5.69 Å². The SMILES string of the molecule is CCN(CC)S(=O)(=O)c1ccc(C(=O)Nc2c(C(C)C)n(C)n(-c3ccccc3)c2=O)cc1. The van der Waals surface area contributed by atoms with Crippen molar-refractivity contribution in [2.75, 3.05) is 18.4 Å². The quantitative estimate of drug-likeness (QED) is 0.545. The summed E-state index contributed by atoms with van der Waals surface area (Å²) in [6, 6.07) is 15.0. The van der Waals surface area contributed by atoms with Crippen LogP contribution >= 0.6 is 0 Å². The Hall–Kier alpha value is -3.17. The lowest BCUT2D eigenvalue weighted by Gasteiger charge is -2.18. The van der Waals surface area contributed by atoms with Crippen molar-refractivity contribution in [2.45, 2.75) is 38.5 Å². The number of hydrogen-bond donors (Lipinski definition) is 1. The molecule has 0 aliphatic heterocycles. The van der Waals surface area contributed by atoms with Gasteiger partial charge in [-0.2, -0.15) is 4.31 Å². The number of benzene rings is 2. The van der Waals surface area contributed by atoms with Crippen molar-refractivity contribution < 1.29 is 13.2 Å². The van der Waals surface area contributed by atoms with Gasteiger partial charge >= 0.3 is 0 Å². The summed E-state index contributed by atoms with van der Waals surface area (Å²) in [7, 11) is -1.83. The number of para-hydroxylation sites is 1. The van der Waals surface area contributed by atoms with E-state index in [0.29, 0.717) is 24.5 Å². The molecule has 3 rings (SSSR count). The predicted octanol–water partition coefficient (Wildman–Crippen LogP) is 3.58. The van der Waals surface area contributed by atoms with E-state index >= 15 is 0 Å². The Morgan fingerprint density at radius 3 is 2.09 bits per heavy atom. The molecule has 0 atom stereocenters. The minimum atomic E-state index is -3.62. The van der Waals surface area contributed by atoms with Crippen molar-refractivity contribution in [3.05, 3.63) is 76.2 Å². The molecule has 0 spiro atoms. The highest BCUT2D eigenvalue weighted by Gasteiger charge is 2.24. The molecular weight excluding hydrogens is 440 g/mol. The van der Waals surface area contributed by atoms with E-state index < -0.39 is 15.9 Å². The highest BCUT2D eigenvalue weighted by atomic mass is 32.2. The van der Waals surface area contributed by atoms with Crippen molar-refractivity contribution in [3.63, 3.8) is 0 Å². The minimum Gasteiger partial charge on any atom is -0.316 e. The van der Waals surface area contributed by atoms with Crippen LogP contribution in [0.1, 0.15) is 49.7 Å². The first-order chi connectivity index (χ1) is 15.6. The van der Waals surface area contributed by atoms with Gasteiger partial charge < -0.3 is 5.32 Å². The molecule has 0 aliphatic carbocycles. The molecule has 1 heterocycles. The first kappa shape index (κ1) is 24.5. The largest absolute Gasteiger partial charge is 0.316 e. The van der Waals surface area contributed by atoms with Gasteiger partial charge in [0.2, 0.25) is 10.0 Å². The number of anilines is 1. The molecule has 1 amide bonds. The maximum atomic E-state index is 13.3. The van der Waals surface area contributed by atoms with E-state index in [1.165, 1.54) is 33.3 Å². The number of hydrogen-bond acceptors (Lipinski definition) is 4. The smallest absolute Gasteiger partial charge is 0.295 e. The Labute approximate surface area is 194 Å². The lowest BCUT2D eigenvalue weighted by atomic mass is 10.1. The maximum absolute atomic E-state index is 13.3. The number of nitrogens with one attached hydrogen (secondary N) is 1. The number of nitrogens with zero attached hydrogens (tertiary/aromatic N) is 3. The zero-order valence-corrected chi connectivity index (χ0v) is 20.4. The van der Waals surface area contributed by atoms with E-state index in [1.807, 2.05) is 44.2 Å². The molecule has 1 aromatic heterocycles. The third-order valence-electron chi connectivity index (χ3n) is 5.56. The van der Waals surface area contributed by atoms with Crippen LogP contribution in [-0.4, -0.2) is 41.1 Å². The molecule has 0 radical (unpaired) electrons. The second-order valence-electron chi connectivity index (χ2n) is 7.96. The number of carbonyl (C=O) groups is 1. The molecule has 33 heavy (non-hydrogen) atoms. The molecule has 0 bridgehead atoms. The monoisotopic (exact) mass is 470 g/mol. The first-order valence-corrected chi connectivity index (χ1v) is 12.4. The fourth-order valence-corrected chi connectivity index (χ4v) is 5.40. The van der Waals surface area contributed by atoms with Gasteiger partial charge in [-0.15, -0.1) is 0 Å². The van der Waals surface area contributed by atoms with Crippen LogP contribution in [0, 0.1) is 0 Å². The van der Waals surface area contributed by atoms with Crippen molar-refractivity contribution in [1.82, 2.24) is 13.7 Å². The van der Waals surface area contributed by atoms with Gasteiger partial charge in [-0.1, -0.05) is 45.9 Å². The summed E-state index contributed by atoms with van der Waals surface area (Å²) < 4.78 is 30.0. The van der Waals surface area contributed by atoms with Crippen LogP contribution in [0.25, 0.3) is 5.69 Å². The molecule has 0 aliphatic rings. The maximum Gasteiger partial charge on any atom is 0.295 e. The van der Waals surface area contributed by atoms with Gasteiger partial charge in [0.25, 0.3) is 11.5 Å². The molecule has 8 nitrogen and oxygen atoms in total. The lowest BCUT2D eigenvalue weighted by Crippen LogP contribution is -2.30. The number of carbonyl (C=O) groups excluding carboxylic acids is 1. The molecule has 2 aromatic carbocycles. The summed E-state index contributed by atoms with van der Waals surface area (Å²) in [5.74, 6) is -0.504. The number of amides is 1. The second-order valence-corrected chi connectivity index (χ2v) is 9.90. The average Bonchev–Trinajstić information content (AvgIpc) is 3.04. The summed E-state index contributed by atoms with van der Waals surface area (Å²) in [5.41, 5.74) is 1.52. The molecule has 0 saturated heterocycles. The minimum absolute atomic E-state index is 0.0236. The van der Waals surface area contributed by atoms with Crippen molar-refractivity contribution >= 4 is 21.6 Å². The van der Waals surface area contributed by atoms with Gasteiger partial charge in [-0.05, 0) is 42.3 Å². The van der Waals surface area contributed by atoms with E-state index in [2.05, 4.69) is 5.32 Å². The summed E-state index contributed by atoms with van der Waals surface area (Å²) in [6.07, 6.45) is 0. The van der Waals surface area contributed by atoms with E-state index in [4.69, 9.17) is 0 Å². The third-order valence-corrected chi connectivity index (χ3v) is 7.62. The average molecular weight is 471 g/mol. The molecule has 1 N–H and O–H groups in total. The van der Waals surface area contributed by atoms with Gasteiger partial charge in [-0.25, -0.2) is 13.1 Å². The van der Waals surface area contributed by atoms with Crippen molar-refractivity contribution in [2.24, 2.45) is 7.05 Å². The molecular formula is C24H30N4O4S. The van der Waals surface area contributed by atoms with Crippen LogP contribution in [0.4, 0.5) is 5.69 Å². The van der Waals surface area contributed by atoms with Crippen molar-refractivity contribution in [1.29, 1.82) is 0 Å². The van der Waals surface area contributed by atoms with E-state index in [9.17, 15) is 18.0 Å². The first-order valence-electron chi connectivity index (χ1n) is 10.9. The normalized spacial score (nSPS) is 11.8. The standard InChI is InChI=1S/C24H30N4O4S/c1-6-27(7-2)33(31,32)20-15-13-18(14-16-20)23(29)25-21-22(17(3)4)26(5)28(24(21)30)19-11-9-8-10-12-19/h8-17H,6-7H2,1-5H3,(H,25,29). The summed E-state index contributed by atoms with van der Waals surface area (Å²) in [4.78, 5) is 26.4. The number of aromatic nitrogens is 2. The fraction of sp³-hybridized carbons (Fsp3) is 0.333. The summed E-state index contributed by atoms with van der Waals surface area (Å²) in [5, 5.41) is 2.76. The van der Waals surface area contributed by atoms with Gasteiger partial charge in [0, 0.05) is 25.7 Å². The van der Waals surface area contributed by atoms with Gasteiger partial charge in [-0.3, -0.25) is 14.3 Å². The van der Waals surface area contributed by atoms with Crippen molar-refractivity contribution in [3.8, 4) is 5.69 Å². The van der Waals surface area contributed by atoms with Crippen LogP contribution in [0.2, 0.25) is 0 Å². The van der Waals surface area contributed by atoms with Crippen LogP contribution < -0.4 is 10.9 Å². The summed E-state index contributed by atoms with van der Waals surface area (Å²) >= 11 is 0. The molecule has 3 aromatic rings. The highest BCUT2D eigenvalue weighted by molar-refractivity contribution is 7.89. The molecule has 176 valence electrons. The third kappa shape index (κ3) is 4.65. The Kier molecular flexibility index (Phi) is 7.24. The number of rotatable bonds is 8. The Morgan fingerprint density at radius 2 is 1.58 bits per heavy atom. The van der Waals surface area contributed by atoms with E-state index in [-0.39, 0.29) is 27.6 Å². The van der Waals surface area contributed by atoms with Crippen LogP contribution in [0.5, 0.6) is 0 Å². The second kappa shape index (κ2) is 9.76. The zero-order valence-electron chi connectivity index (χ0n) is 19.6. The van der Waals surface area contributed by atoms with Crippen LogP contribution in [-0.2, 0) is 17.1 Å². The molecule has 9 heteroatoms. The highest BCUT2D eigenvalue weighted by Crippen LogP contribution is 2.24.